The van der Waals surface area contributed by atoms with Crippen LogP contribution in [-0.4, -0.2) is 4.90 Å². The molecule has 1 aliphatic rings. The second kappa shape index (κ2) is 4.05. The van der Waals surface area contributed by atoms with Gasteiger partial charge in [0, 0.05) is 24.1 Å². The zero-order chi connectivity index (χ0) is 10.7. The molecule has 2 heteroatoms. The summed E-state index contributed by atoms with van der Waals surface area (Å²) in [7, 11) is 0. The van der Waals surface area contributed by atoms with E-state index in [4.69, 9.17) is 5.73 Å². The topological polar surface area (TPSA) is 29.3 Å². The fraction of sp³-hybridized carbons (Fsp3) is 0.0769. The van der Waals surface area contributed by atoms with Crippen molar-refractivity contribution < 1.29 is 0 Å². The third-order valence-corrected chi connectivity index (χ3v) is 2.37. The largest absolute Gasteiger partial charge is 0.399 e. The minimum absolute atomic E-state index is 0.798. The van der Waals surface area contributed by atoms with E-state index in [0.29, 0.717) is 0 Å². The third-order valence-electron chi connectivity index (χ3n) is 2.37. The van der Waals surface area contributed by atoms with Crippen LogP contribution in [0, 0.1) is 0 Å². The zero-order valence-electron chi connectivity index (χ0n) is 8.56. The summed E-state index contributed by atoms with van der Waals surface area (Å²) >= 11 is 0. The Bertz CT molecular complexity index is 413. The number of hydrogen-bond acceptors (Lipinski definition) is 2. The highest BCUT2D eigenvalue weighted by Gasteiger charge is 2.04. The fourth-order valence-electron chi connectivity index (χ4n) is 1.49. The highest BCUT2D eigenvalue weighted by atomic mass is 15.1. The quantitative estimate of drug-likeness (QED) is 0.740. The van der Waals surface area contributed by atoms with Gasteiger partial charge in [-0.1, -0.05) is 24.8 Å². The van der Waals surface area contributed by atoms with Crippen LogP contribution in [0.3, 0.4) is 0 Å². The predicted octanol–water partition coefficient (Wildman–Crippen LogP) is 2.67. The number of nitrogen functional groups attached to an aromatic ring is 1. The van der Waals surface area contributed by atoms with E-state index in [1.54, 1.807) is 0 Å². The number of nitrogens with two attached hydrogens (primary N) is 1. The van der Waals surface area contributed by atoms with E-state index in [0.717, 1.165) is 17.9 Å². The average Bonchev–Trinajstić information content (AvgIpc) is 2.25. The molecule has 0 saturated heterocycles. The maximum Gasteiger partial charge on any atom is 0.0475 e. The maximum absolute atomic E-state index is 5.63. The minimum Gasteiger partial charge on any atom is -0.399 e. The predicted molar refractivity (Wildman–Crippen MR) is 63.8 cm³/mol. The number of rotatable bonds is 2. The van der Waals surface area contributed by atoms with Crippen LogP contribution < -0.4 is 5.73 Å². The molecule has 1 aromatic carbocycles. The van der Waals surface area contributed by atoms with E-state index < -0.39 is 0 Å². The third kappa shape index (κ3) is 2.29. The van der Waals surface area contributed by atoms with Crippen LogP contribution in [0.5, 0.6) is 0 Å². The second-order valence-corrected chi connectivity index (χ2v) is 3.56. The number of nitrogens with zero attached hydrogens (tertiary/aromatic N) is 1. The van der Waals surface area contributed by atoms with Gasteiger partial charge in [-0.3, -0.25) is 0 Å². The lowest BCUT2D eigenvalue weighted by Gasteiger charge is -2.22. The van der Waals surface area contributed by atoms with E-state index in [1.807, 2.05) is 48.7 Å². The fourth-order valence-corrected chi connectivity index (χ4v) is 1.49. The van der Waals surface area contributed by atoms with Gasteiger partial charge in [0.2, 0.25) is 0 Å². The smallest absolute Gasteiger partial charge is 0.0475 e. The van der Waals surface area contributed by atoms with Crippen molar-refractivity contribution in [3.05, 3.63) is 66.5 Å². The van der Waals surface area contributed by atoms with Gasteiger partial charge in [0.15, 0.2) is 0 Å². The first-order valence-corrected chi connectivity index (χ1v) is 4.90. The van der Waals surface area contributed by atoms with Crippen molar-refractivity contribution in [3.63, 3.8) is 0 Å². The van der Waals surface area contributed by atoms with Crippen molar-refractivity contribution in [2.75, 3.05) is 5.73 Å². The van der Waals surface area contributed by atoms with Crippen LogP contribution in [0.4, 0.5) is 5.69 Å². The molecule has 0 atom stereocenters. The highest BCUT2D eigenvalue weighted by Crippen LogP contribution is 2.15. The van der Waals surface area contributed by atoms with Crippen molar-refractivity contribution in [1.29, 1.82) is 0 Å². The van der Waals surface area contributed by atoms with Gasteiger partial charge in [0.1, 0.15) is 0 Å². The van der Waals surface area contributed by atoms with Crippen LogP contribution in [-0.2, 0) is 6.54 Å². The lowest BCUT2D eigenvalue weighted by atomic mass is 10.2. The van der Waals surface area contributed by atoms with E-state index in [9.17, 15) is 0 Å². The normalized spacial score (nSPS) is 14.7. The first-order chi connectivity index (χ1) is 7.25. The lowest BCUT2D eigenvalue weighted by Crippen LogP contribution is -2.15. The first-order valence-electron chi connectivity index (χ1n) is 4.90. The summed E-state index contributed by atoms with van der Waals surface area (Å²) in [6.45, 7) is 4.81. The number of benzene rings is 1. The van der Waals surface area contributed by atoms with Crippen LogP contribution in [0.25, 0.3) is 0 Å². The molecular formula is C13H14N2. The molecule has 76 valence electrons. The monoisotopic (exact) mass is 198 g/mol. The van der Waals surface area contributed by atoms with Gasteiger partial charge in [0.25, 0.3) is 0 Å². The summed E-state index contributed by atoms with van der Waals surface area (Å²) in [6, 6.07) is 7.91. The average molecular weight is 198 g/mol. The molecule has 2 N–H and O–H groups in total. The Morgan fingerprint density at radius 2 is 1.87 bits per heavy atom. The summed E-state index contributed by atoms with van der Waals surface area (Å²) in [6.07, 6.45) is 8.02. The van der Waals surface area contributed by atoms with Crippen molar-refractivity contribution in [2.24, 2.45) is 0 Å². The Hall–Kier alpha value is -1.96. The lowest BCUT2D eigenvalue weighted by molar-refractivity contribution is 0.472. The van der Waals surface area contributed by atoms with Gasteiger partial charge in [-0.05, 0) is 29.8 Å². The van der Waals surface area contributed by atoms with E-state index in [1.165, 1.54) is 5.56 Å². The van der Waals surface area contributed by atoms with E-state index in [2.05, 4.69) is 11.5 Å². The van der Waals surface area contributed by atoms with Gasteiger partial charge in [-0.2, -0.15) is 0 Å². The summed E-state index contributed by atoms with van der Waals surface area (Å²) in [5.74, 6) is 0. The molecule has 2 nitrogen and oxygen atoms in total. The Kier molecular flexibility index (Phi) is 2.59. The Labute approximate surface area is 90.0 Å². The van der Waals surface area contributed by atoms with Gasteiger partial charge >= 0.3 is 0 Å². The number of allylic oxidation sites excluding steroid dienone is 3. The zero-order valence-corrected chi connectivity index (χ0v) is 8.56. The highest BCUT2D eigenvalue weighted by molar-refractivity contribution is 5.39. The van der Waals surface area contributed by atoms with Crippen LogP contribution >= 0.6 is 0 Å². The molecule has 0 unspecified atom stereocenters. The Morgan fingerprint density at radius 3 is 2.53 bits per heavy atom. The Morgan fingerprint density at radius 1 is 1.13 bits per heavy atom. The van der Waals surface area contributed by atoms with Gasteiger partial charge < -0.3 is 10.6 Å². The van der Waals surface area contributed by atoms with Crippen molar-refractivity contribution in [2.45, 2.75) is 6.54 Å². The van der Waals surface area contributed by atoms with Gasteiger partial charge in [-0.15, -0.1) is 0 Å². The molecule has 1 aromatic rings. The SMILES string of the molecule is C=C1C=CC=CN1Cc1ccc(N)cc1. The molecule has 0 bridgehead atoms. The van der Waals surface area contributed by atoms with Crippen LogP contribution in [0.15, 0.2) is 61.0 Å². The van der Waals surface area contributed by atoms with E-state index >= 15 is 0 Å². The van der Waals surface area contributed by atoms with Crippen LogP contribution in [0.1, 0.15) is 5.56 Å². The molecular weight excluding hydrogens is 184 g/mol. The molecule has 0 spiro atoms. The molecule has 1 heterocycles. The molecule has 0 amide bonds. The molecule has 15 heavy (non-hydrogen) atoms. The van der Waals surface area contributed by atoms with Gasteiger partial charge in [0.05, 0.1) is 0 Å². The summed E-state index contributed by atoms with van der Waals surface area (Å²) in [5.41, 5.74) is 8.66. The molecule has 1 aliphatic heterocycles. The molecule has 2 rings (SSSR count). The van der Waals surface area contributed by atoms with E-state index in [-0.39, 0.29) is 0 Å². The number of anilines is 1. The molecule has 0 aromatic heterocycles. The van der Waals surface area contributed by atoms with Crippen molar-refractivity contribution in [1.82, 2.24) is 4.90 Å². The Balaban J connectivity index is 2.09. The summed E-state index contributed by atoms with van der Waals surface area (Å²) < 4.78 is 0. The maximum atomic E-state index is 5.63. The minimum atomic E-state index is 0.798. The van der Waals surface area contributed by atoms with Gasteiger partial charge in [-0.25, -0.2) is 0 Å². The van der Waals surface area contributed by atoms with Crippen LogP contribution in [0.2, 0.25) is 0 Å². The van der Waals surface area contributed by atoms with Crippen molar-refractivity contribution in [3.8, 4) is 0 Å². The molecule has 0 radical (unpaired) electrons. The summed E-state index contributed by atoms with van der Waals surface area (Å²) in [5, 5.41) is 0. The van der Waals surface area contributed by atoms with Crippen molar-refractivity contribution >= 4 is 5.69 Å². The molecule has 0 saturated carbocycles. The summed E-state index contributed by atoms with van der Waals surface area (Å²) in [4.78, 5) is 2.10. The molecule has 0 aliphatic carbocycles. The molecule has 0 fully saturated rings. The standard InChI is InChI=1S/C13H14N2/c1-11-4-2-3-9-15(11)10-12-5-7-13(14)8-6-12/h2-9H,1,10,14H2. The second-order valence-electron chi connectivity index (χ2n) is 3.56. The number of hydrogen-bond donors (Lipinski definition) is 1. The first kappa shape index (κ1) is 9.59.